The highest BCUT2D eigenvalue weighted by atomic mass is 16.2. The van der Waals surface area contributed by atoms with E-state index in [9.17, 15) is 14.4 Å². The highest BCUT2D eigenvalue weighted by molar-refractivity contribution is 5.99. The zero-order chi connectivity index (χ0) is 20.3. The summed E-state index contributed by atoms with van der Waals surface area (Å²) in [6, 6.07) is 11.6. The molecule has 2 aromatic rings. The number of carbonyl (C=O) groups excluding carboxylic acids is 3. The van der Waals surface area contributed by atoms with Gasteiger partial charge in [-0.15, -0.1) is 0 Å². The summed E-state index contributed by atoms with van der Waals surface area (Å²) in [6.07, 6.45) is 1.32. The van der Waals surface area contributed by atoms with Crippen LogP contribution in [-0.4, -0.2) is 47.3 Å². The van der Waals surface area contributed by atoms with E-state index in [1.54, 1.807) is 13.8 Å². The van der Waals surface area contributed by atoms with E-state index in [1.165, 1.54) is 4.90 Å². The largest absolute Gasteiger partial charge is 0.343 e. The van der Waals surface area contributed by atoms with Gasteiger partial charge in [0.25, 0.3) is 0 Å². The molecule has 0 spiro atoms. The molecule has 3 rings (SSSR count). The number of hydrogen-bond donors (Lipinski definition) is 3. The second-order valence-electron chi connectivity index (χ2n) is 7.26. The molecule has 7 nitrogen and oxygen atoms in total. The molecule has 2 aromatic carbocycles. The summed E-state index contributed by atoms with van der Waals surface area (Å²) in [5.41, 5.74) is 6.33. The minimum atomic E-state index is -0.730. The first-order chi connectivity index (χ1) is 13.4. The molecule has 1 aliphatic heterocycles. The highest BCUT2D eigenvalue weighted by Crippen LogP contribution is 2.20. The maximum absolute atomic E-state index is 12.6. The van der Waals surface area contributed by atoms with Crippen molar-refractivity contribution >= 4 is 34.2 Å². The van der Waals surface area contributed by atoms with Gasteiger partial charge in [-0.25, -0.2) is 0 Å². The Bertz CT molecular complexity index is 896. The van der Waals surface area contributed by atoms with Gasteiger partial charge < -0.3 is 21.3 Å². The minimum absolute atomic E-state index is 0.245. The van der Waals surface area contributed by atoms with Gasteiger partial charge in [-0.3, -0.25) is 14.4 Å². The molecule has 3 atom stereocenters. The number of benzene rings is 2. The fourth-order valence-electron chi connectivity index (χ4n) is 3.46. The average molecular weight is 382 g/mol. The van der Waals surface area contributed by atoms with Crippen LogP contribution in [0.25, 0.3) is 10.8 Å². The van der Waals surface area contributed by atoms with Crippen LogP contribution >= 0.6 is 0 Å². The molecule has 0 aliphatic carbocycles. The monoisotopic (exact) mass is 382 g/mol. The Balaban J connectivity index is 1.61. The first-order valence-electron chi connectivity index (χ1n) is 9.53. The van der Waals surface area contributed by atoms with Crippen LogP contribution in [0.3, 0.4) is 0 Å². The van der Waals surface area contributed by atoms with Gasteiger partial charge in [0.2, 0.25) is 17.7 Å². The van der Waals surface area contributed by atoms with E-state index in [0.29, 0.717) is 18.7 Å². The van der Waals surface area contributed by atoms with E-state index in [0.717, 1.165) is 17.2 Å². The van der Waals surface area contributed by atoms with Crippen LogP contribution in [0.2, 0.25) is 0 Å². The van der Waals surface area contributed by atoms with Gasteiger partial charge in [0.15, 0.2) is 0 Å². The van der Waals surface area contributed by atoms with Crippen LogP contribution in [0.1, 0.15) is 26.7 Å². The van der Waals surface area contributed by atoms with E-state index < -0.39 is 18.1 Å². The number of fused-ring (bicyclic) bond motifs is 1. The lowest BCUT2D eigenvalue weighted by atomic mass is 10.1. The molecule has 0 aromatic heterocycles. The molecule has 28 heavy (non-hydrogen) atoms. The molecular formula is C21H26N4O3. The van der Waals surface area contributed by atoms with Gasteiger partial charge in [0.05, 0.1) is 6.04 Å². The first-order valence-corrected chi connectivity index (χ1v) is 9.53. The van der Waals surface area contributed by atoms with Crippen molar-refractivity contribution in [2.24, 2.45) is 5.73 Å². The lowest BCUT2D eigenvalue weighted by Gasteiger charge is -2.26. The summed E-state index contributed by atoms with van der Waals surface area (Å²) in [5.74, 6) is -0.884. The van der Waals surface area contributed by atoms with E-state index in [-0.39, 0.29) is 17.7 Å². The quantitative estimate of drug-likeness (QED) is 0.731. The lowest BCUT2D eigenvalue weighted by Crippen LogP contribution is -2.53. The Morgan fingerprint density at radius 3 is 2.54 bits per heavy atom. The van der Waals surface area contributed by atoms with Crippen LogP contribution in [0.4, 0.5) is 5.69 Å². The third-order valence-corrected chi connectivity index (χ3v) is 5.00. The normalized spacial score (nSPS) is 18.5. The molecule has 3 amide bonds. The third kappa shape index (κ3) is 4.31. The molecule has 0 saturated carbocycles. The first kappa shape index (κ1) is 19.8. The minimum Gasteiger partial charge on any atom is -0.343 e. The van der Waals surface area contributed by atoms with E-state index in [1.807, 2.05) is 42.5 Å². The van der Waals surface area contributed by atoms with Crippen molar-refractivity contribution in [2.75, 3.05) is 11.9 Å². The number of nitrogens with zero attached hydrogens (tertiary/aromatic N) is 1. The topological polar surface area (TPSA) is 105 Å². The van der Waals surface area contributed by atoms with Gasteiger partial charge in [0.1, 0.15) is 12.1 Å². The smallest absolute Gasteiger partial charge is 0.246 e. The number of carbonyl (C=O) groups is 3. The zero-order valence-corrected chi connectivity index (χ0v) is 16.1. The number of rotatable bonds is 5. The summed E-state index contributed by atoms with van der Waals surface area (Å²) < 4.78 is 0. The van der Waals surface area contributed by atoms with Crippen molar-refractivity contribution in [1.29, 1.82) is 0 Å². The maximum Gasteiger partial charge on any atom is 0.246 e. The van der Waals surface area contributed by atoms with Crippen LogP contribution in [0.5, 0.6) is 0 Å². The molecule has 7 heteroatoms. The summed E-state index contributed by atoms with van der Waals surface area (Å²) in [5, 5.41) is 7.65. The highest BCUT2D eigenvalue weighted by Gasteiger charge is 2.36. The number of hydrogen-bond acceptors (Lipinski definition) is 4. The van der Waals surface area contributed by atoms with Gasteiger partial charge in [-0.1, -0.05) is 30.3 Å². The molecule has 0 radical (unpaired) electrons. The summed E-state index contributed by atoms with van der Waals surface area (Å²) in [7, 11) is 0. The summed E-state index contributed by atoms with van der Waals surface area (Å²) in [6.45, 7) is 3.74. The summed E-state index contributed by atoms with van der Waals surface area (Å²) in [4.78, 5) is 38.8. The summed E-state index contributed by atoms with van der Waals surface area (Å²) >= 11 is 0. The SMILES string of the molecule is C[C@H](N)C(=O)N1CCC[C@H]1C(=O)N[C@@H](C)C(=O)Nc1ccc2ccccc2c1. The third-order valence-electron chi connectivity index (χ3n) is 5.00. The molecule has 1 fully saturated rings. The Hall–Kier alpha value is -2.93. The van der Waals surface area contributed by atoms with Gasteiger partial charge in [-0.05, 0) is 49.6 Å². The number of nitrogens with one attached hydrogen (secondary N) is 2. The fourth-order valence-corrected chi connectivity index (χ4v) is 3.46. The predicted octanol–water partition coefficient (Wildman–Crippen LogP) is 1.62. The van der Waals surface area contributed by atoms with E-state index in [2.05, 4.69) is 10.6 Å². The second-order valence-corrected chi connectivity index (χ2v) is 7.26. The van der Waals surface area contributed by atoms with Gasteiger partial charge in [-0.2, -0.15) is 0 Å². The molecule has 0 bridgehead atoms. The van der Waals surface area contributed by atoms with Crippen LogP contribution in [0.15, 0.2) is 42.5 Å². The molecule has 1 saturated heterocycles. The van der Waals surface area contributed by atoms with Crippen molar-refractivity contribution < 1.29 is 14.4 Å². The average Bonchev–Trinajstić information content (AvgIpc) is 3.17. The van der Waals surface area contributed by atoms with Crippen LogP contribution in [0, 0.1) is 0 Å². The number of anilines is 1. The Morgan fingerprint density at radius 2 is 1.82 bits per heavy atom. The van der Waals surface area contributed by atoms with Crippen molar-refractivity contribution in [3.63, 3.8) is 0 Å². The van der Waals surface area contributed by atoms with E-state index in [4.69, 9.17) is 5.73 Å². The molecule has 1 aliphatic rings. The molecule has 148 valence electrons. The van der Waals surface area contributed by atoms with Crippen molar-refractivity contribution in [3.8, 4) is 0 Å². The predicted molar refractivity (Wildman–Crippen MR) is 109 cm³/mol. The van der Waals surface area contributed by atoms with Gasteiger partial charge >= 0.3 is 0 Å². The zero-order valence-electron chi connectivity index (χ0n) is 16.1. The van der Waals surface area contributed by atoms with Crippen molar-refractivity contribution in [2.45, 2.75) is 44.8 Å². The Labute approximate surface area is 164 Å². The number of likely N-dealkylation sites (tertiary alicyclic amines) is 1. The Kier molecular flexibility index (Phi) is 5.94. The van der Waals surface area contributed by atoms with Gasteiger partial charge in [0, 0.05) is 12.2 Å². The lowest BCUT2D eigenvalue weighted by molar-refractivity contribution is -0.139. The van der Waals surface area contributed by atoms with Crippen LogP contribution in [-0.2, 0) is 14.4 Å². The number of nitrogens with two attached hydrogens (primary N) is 1. The van der Waals surface area contributed by atoms with Crippen molar-refractivity contribution in [1.82, 2.24) is 10.2 Å². The van der Waals surface area contributed by atoms with Crippen molar-refractivity contribution in [3.05, 3.63) is 42.5 Å². The Morgan fingerprint density at radius 1 is 1.11 bits per heavy atom. The maximum atomic E-state index is 12.6. The molecule has 1 heterocycles. The fraction of sp³-hybridized carbons (Fsp3) is 0.381. The second kappa shape index (κ2) is 8.39. The molecule has 0 unspecified atom stereocenters. The number of amides is 3. The van der Waals surface area contributed by atoms with Crippen LogP contribution < -0.4 is 16.4 Å². The molecule has 4 N–H and O–H groups in total. The molecular weight excluding hydrogens is 356 g/mol. The van der Waals surface area contributed by atoms with E-state index >= 15 is 0 Å². The standard InChI is InChI=1S/C21H26N4O3/c1-13(22)21(28)25-11-5-8-18(25)20(27)23-14(2)19(26)24-17-10-9-15-6-3-4-7-16(15)12-17/h3-4,6-7,9-10,12-14,18H,5,8,11,22H2,1-2H3,(H,23,27)(H,24,26)/t13-,14-,18-/m0/s1.